The monoisotopic (exact) mass is 339 g/mol. The average Bonchev–Trinajstić information content (AvgIpc) is 2.63. The van der Waals surface area contributed by atoms with Gasteiger partial charge in [-0.05, 0) is 25.3 Å². The number of hydrogen-bond acceptors (Lipinski definition) is 4. The van der Waals surface area contributed by atoms with Crippen molar-refractivity contribution < 1.29 is 9.53 Å². The molecule has 6 nitrogen and oxygen atoms in total. The lowest BCUT2D eigenvalue weighted by molar-refractivity contribution is -0.152. The number of rotatable bonds is 3. The molecule has 0 spiro atoms. The molecule has 130 valence electrons. The first-order valence-corrected chi connectivity index (χ1v) is 8.78. The van der Waals surface area contributed by atoms with Crippen LogP contribution in [-0.2, 0) is 9.53 Å². The summed E-state index contributed by atoms with van der Waals surface area (Å²) < 4.78 is 7.07. The Hall–Kier alpha value is -2.47. The molecule has 1 atom stereocenters. The molecule has 1 aromatic heterocycles. The Labute approximate surface area is 146 Å². The Kier molecular flexibility index (Phi) is 4.36. The van der Waals surface area contributed by atoms with Gasteiger partial charge < -0.3 is 9.64 Å². The van der Waals surface area contributed by atoms with Gasteiger partial charge >= 0.3 is 0 Å². The van der Waals surface area contributed by atoms with Crippen LogP contribution in [0.4, 0.5) is 0 Å². The number of nitrogens with zero attached hydrogens (tertiary/aromatic N) is 3. The SMILES string of the molecule is O=C(C1CCCCO1)N1CC(n2nc(-c3ccccc3)ccc2=O)C1. The summed E-state index contributed by atoms with van der Waals surface area (Å²) in [6, 6.07) is 13.0. The highest BCUT2D eigenvalue weighted by Gasteiger charge is 2.37. The van der Waals surface area contributed by atoms with Crippen molar-refractivity contribution in [1.82, 2.24) is 14.7 Å². The van der Waals surface area contributed by atoms with E-state index in [1.807, 2.05) is 30.3 Å². The molecule has 0 aliphatic carbocycles. The molecule has 1 unspecified atom stereocenters. The van der Waals surface area contributed by atoms with Crippen molar-refractivity contribution in [3.05, 3.63) is 52.8 Å². The molecule has 2 aromatic rings. The van der Waals surface area contributed by atoms with Crippen LogP contribution in [0, 0.1) is 0 Å². The maximum Gasteiger partial charge on any atom is 0.267 e. The van der Waals surface area contributed by atoms with Crippen LogP contribution in [0.3, 0.4) is 0 Å². The topological polar surface area (TPSA) is 64.4 Å². The van der Waals surface area contributed by atoms with Crippen molar-refractivity contribution in [2.45, 2.75) is 31.4 Å². The molecule has 2 saturated heterocycles. The normalized spacial score (nSPS) is 21.0. The predicted molar refractivity (Wildman–Crippen MR) is 93.1 cm³/mol. The summed E-state index contributed by atoms with van der Waals surface area (Å²) in [5, 5.41) is 4.51. The van der Waals surface area contributed by atoms with Crippen molar-refractivity contribution in [3.63, 3.8) is 0 Å². The van der Waals surface area contributed by atoms with Gasteiger partial charge in [-0.2, -0.15) is 5.10 Å². The highest BCUT2D eigenvalue weighted by Crippen LogP contribution is 2.24. The molecule has 4 rings (SSSR count). The van der Waals surface area contributed by atoms with Gasteiger partial charge in [0.25, 0.3) is 11.5 Å². The van der Waals surface area contributed by atoms with E-state index in [1.165, 1.54) is 4.68 Å². The average molecular weight is 339 g/mol. The van der Waals surface area contributed by atoms with Gasteiger partial charge in [0.2, 0.25) is 0 Å². The number of likely N-dealkylation sites (tertiary alicyclic amines) is 1. The highest BCUT2D eigenvalue weighted by molar-refractivity contribution is 5.81. The summed E-state index contributed by atoms with van der Waals surface area (Å²) in [5.41, 5.74) is 1.60. The van der Waals surface area contributed by atoms with Gasteiger partial charge in [-0.25, -0.2) is 4.68 Å². The second-order valence-electron chi connectivity index (χ2n) is 6.62. The van der Waals surface area contributed by atoms with E-state index in [1.54, 1.807) is 17.0 Å². The minimum atomic E-state index is -0.310. The smallest absolute Gasteiger partial charge is 0.267 e. The van der Waals surface area contributed by atoms with Gasteiger partial charge in [0.05, 0.1) is 11.7 Å². The zero-order valence-electron chi connectivity index (χ0n) is 14.0. The third kappa shape index (κ3) is 3.22. The Balaban J connectivity index is 1.47. The molecule has 25 heavy (non-hydrogen) atoms. The van der Waals surface area contributed by atoms with Crippen molar-refractivity contribution in [2.75, 3.05) is 19.7 Å². The lowest BCUT2D eigenvalue weighted by Crippen LogP contribution is -2.56. The van der Waals surface area contributed by atoms with Gasteiger partial charge in [0, 0.05) is 31.3 Å². The number of aromatic nitrogens is 2. The summed E-state index contributed by atoms with van der Waals surface area (Å²) in [7, 11) is 0. The van der Waals surface area contributed by atoms with Crippen molar-refractivity contribution in [2.24, 2.45) is 0 Å². The lowest BCUT2D eigenvalue weighted by Gasteiger charge is -2.41. The van der Waals surface area contributed by atoms with Gasteiger partial charge in [0.15, 0.2) is 0 Å². The maximum absolute atomic E-state index is 12.4. The molecule has 1 amide bonds. The van der Waals surface area contributed by atoms with Crippen LogP contribution in [-0.4, -0.2) is 46.4 Å². The Morgan fingerprint density at radius 3 is 2.60 bits per heavy atom. The lowest BCUT2D eigenvalue weighted by atomic mass is 10.0. The van der Waals surface area contributed by atoms with E-state index in [0.29, 0.717) is 19.7 Å². The zero-order valence-corrected chi connectivity index (χ0v) is 14.0. The number of carbonyl (C=O) groups is 1. The molecule has 2 fully saturated rings. The van der Waals surface area contributed by atoms with E-state index in [0.717, 1.165) is 30.5 Å². The third-order valence-electron chi connectivity index (χ3n) is 4.87. The zero-order chi connectivity index (χ0) is 17.2. The van der Waals surface area contributed by atoms with E-state index < -0.39 is 0 Å². The van der Waals surface area contributed by atoms with E-state index in [-0.39, 0.29) is 23.6 Å². The van der Waals surface area contributed by atoms with Crippen molar-refractivity contribution in [3.8, 4) is 11.3 Å². The number of ether oxygens (including phenoxy) is 1. The van der Waals surface area contributed by atoms with Crippen molar-refractivity contribution >= 4 is 5.91 Å². The van der Waals surface area contributed by atoms with Crippen LogP contribution in [0.25, 0.3) is 11.3 Å². The Morgan fingerprint density at radius 1 is 1.08 bits per heavy atom. The fourth-order valence-electron chi connectivity index (χ4n) is 3.38. The number of amides is 1. The first-order chi connectivity index (χ1) is 12.2. The summed E-state index contributed by atoms with van der Waals surface area (Å²) in [6.45, 7) is 1.70. The predicted octanol–water partition coefficient (Wildman–Crippen LogP) is 1.86. The standard InChI is InChI=1S/C19H21N3O3/c23-18-10-9-16(14-6-2-1-3-7-14)20-22(18)15-12-21(13-15)19(24)17-8-4-5-11-25-17/h1-3,6-7,9-10,15,17H,4-5,8,11-13H2. The quantitative estimate of drug-likeness (QED) is 0.856. The molecule has 0 radical (unpaired) electrons. The second kappa shape index (κ2) is 6.80. The fraction of sp³-hybridized carbons (Fsp3) is 0.421. The van der Waals surface area contributed by atoms with Crippen LogP contribution < -0.4 is 5.56 Å². The highest BCUT2D eigenvalue weighted by atomic mass is 16.5. The van der Waals surface area contributed by atoms with Crippen LogP contribution in [0.5, 0.6) is 0 Å². The first-order valence-electron chi connectivity index (χ1n) is 8.78. The molecular weight excluding hydrogens is 318 g/mol. The Morgan fingerprint density at radius 2 is 1.88 bits per heavy atom. The first kappa shape index (κ1) is 16.0. The summed E-state index contributed by atoms with van der Waals surface area (Å²) in [6.07, 6.45) is 2.54. The van der Waals surface area contributed by atoms with Crippen molar-refractivity contribution in [1.29, 1.82) is 0 Å². The van der Waals surface area contributed by atoms with E-state index in [9.17, 15) is 9.59 Å². The van der Waals surface area contributed by atoms with Gasteiger partial charge in [0.1, 0.15) is 6.10 Å². The minimum Gasteiger partial charge on any atom is -0.368 e. The van der Waals surface area contributed by atoms with E-state index in [2.05, 4.69) is 5.10 Å². The van der Waals surface area contributed by atoms with Gasteiger partial charge in [-0.15, -0.1) is 0 Å². The van der Waals surface area contributed by atoms with E-state index in [4.69, 9.17) is 4.74 Å². The van der Waals surface area contributed by atoms with E-state index >= 15 is 0 Å². The van der Waals surface area contributed by atoms with Crippen LogP contribution in [0.2, 0.25) is 0 Å². The maximum atomic E-state index is 12.4. The second-order valence-corrected chi connectivity index (χ2v) is 6.62. The number of hydrogen-bond donors (Lipinski definition) is 0. The van der Waals surface area contributed by atoms with Crippen LogP contribution >= 0.6 is 0 Å². The fourth-order valence-corrected chi connectivity index (χ4v) is 3.38. The number of carbonyl (C=O) groups excluding carboxylic acids is 1. The van der Waals surface area contributed by atoms with Gasteiger partial charge in [-0.3, -0.25) is 9.59 Å². The Bertz CT molecular complexity index is 806. The molecule has 2 aliphatic heterocycles. The summed E-state index contributed by atoms with van der Waals surface area (Å²) in [5.74, 6) is 0.0446. The van der Waals surface area contributed by atoms with Crippen LogP contribution in [0.1, 0.15) is 25.3 Å². The number of benzene rings is 1. The summed E-state index contributed by atoms with van der Waals surface area (Å²) >= 11 is 0. The molecular formula is C19H21N3O3. The van der Waals surface area contributed by atoms with Crippen LogP contribution in [0.15, 0.2) is 47.3 Å². The molecule has 0 saturated carbocycles. The molecule has 1 aromatic carbocycles. The summed E-state index contributed by atoms with van der Waals surface area (Å²) in [4.78, 5) is 26.4. The molecule has 3 heterocycles. The molecule has 0 N–H and O–H groups in total. The minimum absolute atomic E-state index is 0.0446. The van der Waals surface area contributed by atoms with Gasteiger partial charge in [-0.1, -0.05) is 30.3 Å². The third-order valence-corrected chi connectivity index (χ3v) is 4.87. The molecule has 6 heteroatoms. The molecule has 0 bridgehead atoms. The molecule has 2 aliphatic rings. The largest absolute Gasteiger partial charge is 0.368 e.